The number of methoxy groups -OCH3 is 1. The molecule has 5 heteroatoms. The van der Waals surface area contributed by atoms with Crippen molar-refractivity contribution in [1.82, 2.24) is 0 Å². The quantitative estimate of drug-likeness (QED) is 0.455. The van der Waals surface area contributed by atoms with Crippen LogP contribution in [0.4, 0.5) is 0 Å². The average molecular weight is 312 g/mol. The van der Waals surface area contributed by atoms with Crippen molar-refractivity contribution in [2.75, 3.05) is 13.7 Å². The Bertz CT molecular complexity index is 968. The summed E-state index contributed by atoms with van der Waals surface area (Å²) in [5, 5.41) is 11.0. The van der Waals surface area contributed by atoms with E-state index >= 15 is 0 Å². The van der Waals surface area contributed by atoms with Crippen LogP contribution in [-0.2, 0) is 6.42 Å². The van der Waals surface area contributed by atoms with Crippen LogP contribution in [0.15, 0.2) is 39.5 Å². The second-order valence-corrected chi connectivity index (χ2v) is 5.28. The highest BCUT2D eigenvalue weighted by atomic mass is 16.5. The minimum Gasteiger partial charge on any atom is -0.496 e. The van der Waals surface area contributed by atoms with Crippen molar-refractivity contribution in [3.63, 3.8) is 0 Å². The van der Waals surface area contributed by atoms with Gasteiger partial charge in [0.05, 0.1) is 12.5 Å². The van der Waals surface area contributed by atoms with Gasteiger partial charge in [-0.3, -0.25) is 4.79 Å². The number of carbonyl (C=O) groups excluding carboxylic acids is 1. The van der Waals surface area contributed by atoms with E-state index in [9.17, 15) is 14.7 Å². The Morgan fingerprint density at radius 1 is 1.22 bits per heavy atom. The molecule has 23 heavy (non-hydrogen) atoms. The van der Waals surface area contributed by atoms with E-state index in [4.69, 9.17) is 9.15 Å². The first kappa shape index (κ1) is 15.2. The van der Waals surface area contributed by atoms with Crippen LogP contribution in [0.5, 0.6) is 5.75 Å². The topological polar surface area (TPSA) is 76.7 Å². The number of carbonyl (C=O) groups is 1. The van der Waals surface area contributed by atoms with E-state index in [1.54, 1.807) is 18.2 Å². The Hall–Kier alpha value is -2.66. The number of aliphatic hydroxyl groups excluding tert-OH is 1. The van der Waals surface area contributed by atoms with Gasteiger partial charge < -0.3 is 14.3 Å². The molecular weight excluding hydrogens is 296 g/mol. The molecule has 0 aliphatic heterocycles. The highest BCUT2D eigenvalue weighted by Crippen LogP contribution is 2.32. The molecule has 0 saturated heterocycles. The predicted molar refractivity (Wildman–Crippen MR) is 87.3 cm³/mol. The summed E-state index contributed by atoms with van der Waals surface area (Å²) < 4.78 is 10.7. The van der Waals surface area contributed by atoms with Gasteiger partial charge in [-0.15, -0.1) is 0 Å². The van der Waals surface area contributed by atoms with Gasteiger partial charge in [0.25, 0.3) is 0 Å². The highest BCUT2D eigenvalue weighted by molar-refractivity contribution is 6.14. The number of fused-ring (bicyclic) bond motifs is 3. The zero-order valence-corrected chi connectivity index (χ0v) is 12.9. The van der Waals surface area contributed by atoms with Crippen LogP contribution < -0.4 is 10.4 Å². The molecular formula is C18H16O5. The molecule has 0 spiro atoms. The van der Waals surface area contributed by atoms with Crippen molar-refractivity contribution in [2.45, 2.75) is 13.3 Å². The maximum atomic E-state index is 12.5. The molecule has 0 amide bonds. The Morgan fingerprint density at radius 2 is 2.00 bits per heavy atom. The van der Waals surface area contributed by atoms with Crippen molar-refractivity contribution >= 4 is 27.5 Å². The van der Waals surface area contributed by atoms with Crippen LogP contribution >= 0.6 is 0 Å². The van der Waals surface area contributed by atoms with Gasteiger partial charge in [-0.1, -0.05) is 18.2 Å². The van der Waals surface area contributed by atoms with Crippen LogP contribution in [0, 0.1) is 0 Å². The molecule has 3 aromatic rings. The van der Waals surface area contributed by atoms with Crippen molar-refractivity contribution < 1.29 is 19.1 Å². The number of hydrogen-bond acceptors (Lipinski definition) is 5. The van der Waals surface area contributed by atoms with Gasteiger partial charge in [0.15, 0.2) is 11.4 Å². The van der Waals surface area contributed by atoms with Crippen molar-refractivity contribution in [3.8, 4) is 5.75 Å². The fourth-order valence-electron chi connectivity index (χ4n) is 2.92. The van der Waals surface area contributed by atoms with E-state index in [1.807, 2.05) is 12.1 Å². The van der Waals surface area contributed by atoms with Gasteiger partial charge in [0.2, 0.25) is 0 Å². The fourth-order valence-corrected chi connectivity index (χ4v) is 2.92. The molecule has 1 N–H and O–H groups in total. The minimum absolute atomic E-state index is 0.0576. The average Bonchev–Trinajstić information content (AvgIpc) is 2.53. The summed E-state index contributed by atoms with van der Waals surface area (Å²) >= 11 is 0. The Kier molecular flexibility index (Phi) is 3.88. The lowest BCUT2D eigenvalue weighted by atomic mass is 9.98. The van der Waals surface area contributed by atoms with E-state index in [1.165, 1.54) is 14.0 Å². The van der Waals surface area contributed by atoms with Crippen LogP contribution in [0.1, 0.15) is 22.8 Å². The second kappa shape index (κ2) is 5.85. The maximum absolute atomic E-state index is 12.5. The standard InChI is InChI=1S/C18H16O5/c1-10(20)15-14(22-2)7-6-13-12-5-3-4-11(8-9-19)16(12)18(21)23-17(13)15/h3-7,19H,8-9H2,1-2H3. The van der Waals surface area contributed by atoms with Crippen molar-refractivity contribution in [2.24, 2.45) is 0 Å². The zero-order chi connectivity index (χ0) is 16.6. The molecule has 0 aliphatic rings. The number of aliphatic hydroxyl groups is 1. The van der Waals surface area contributed by atoms with Crippen LogP contribution in [-0.4, -0.2) is 24.6 Å². The molecule has 0 fully saturated rings. The number of hydrogen-bond donors (Lipinski definition) is 1. The maximum Gasteiger partial charge on any atom is 0.344 e. The third-order valence-corrected chi connectivity index (χ3v) is 3.91. The first-order chi connectivity index (χ1) is 11.1. The summed E-state index contributed by atoms with van der Waals surface area (Å²) in [4.78, 5) is 24.4. The third-order valence-electron chi connectivity index (χ3n) is 3.91. The SMILES string of the molecule is COc1ccc2c(oc(=O)c3c(CCO)cccc32)c1C(C)=O. The summed E-state index contributed by atoms with van der Waals surface area (Å²) in [6, 6.07) is 8.89. The van der Waals surface area contributed by atoms with E-state index in [2.05, 4.69) is 0 Å². The smallest absolute Gasteiger partial charge is 0.344 e. The molecule has 3 rings (SSSR count). The second-order valence-electron chi connectivity index (χ2n) is 5.28. The van der Waals surface area contributed by atoms with Gasteiger partial charge in [-0.2, -0.15) is 0 Å². The lowest BCUT2D eigenvalue weighted by Crippen LogP contribution is -2.07. The first-order valence-electron chi connectivity index (χ1n) is 7.25. The molecule has 2 aromatic carbocycles. The number of ketones is 1. The first-order valence-corrected chi connectivity index (χ1v) is 7.25. The number of benzene rings is 2. The van der Waals surface area contributed by atoms with Crippen molar-refractivity contribution in [3.05, 3.63) is 51.9 Å². The highest BCUT2D eigenvalue weighted by Gasteiger charge is 2.19. The van der Waals surface area contributed by atoms with E-state index < -0.39 is 5.63 Å². The molecule has 0 unspecified atom stereocenters. The van der Waals surface area contributed by atoms with E-state index in [0.717, 1.165) is 5.56 Å². The molecule has 0 saturated carbocycles. The molecule has 0 atom stereocenters. The normalized spacial score (nSPS) is 11.1. The lowest BCUT2D eigenvalue weighted by molar-refractivity contribution is 0.101. The summed E-state index contributed by atoms with van der Waals surface area (Å²) in [5.74, 6) is 0.139. The molecule has 5 nitrogen and oxygen atoms in total. The largest absolute Gasteiger partial charge is 0.496 e. The predicted octanol–water partition coefficient (Wildman–Crippen LogP) is 2.69. The summed E-state index contributed by atoms with van der Waals surface area (Å²) in [7, 11) is 1.46. The van der Waals surface area contributed by atoms with Gasteiger partial charge in [-0.05, 0) is 31.0 Å². The Morgan fingerprint density at radius 3 is 2.65 bits per heavy atom. The summed E-state index contributed by atoms with van der Waals surface area (Å²) in [6.07, 6.45) is 0.364. The molecule has 0 bridgehead atoms. The molecule has 0 aliphatic carbocycles. The number of rotatable bonds is 4. The van der Waals surface area contributed by atoms with Crippen LogP contribution in [0.25, 0.3) is 21.7 Å². The van der Waals surface area contributed by atoms with Crippen molar-refractivity contribution in [1.29, 1.82) is 0 Å². The van der Waals surface area contributed by atoms with E-state index in [-0.39, 0.29) is 23.5 Å². The van der Waals surface area contributed by atoms with Gasteiger partial charge in [0, 0.05) is 17.4 Å². The molecule has 1 aromatic heterocycles. The van der Waals surface area contributed by atoms with Gasteiger partial charge in [-0.25, -0.2) is 4.79 Å². The monoisotopic (exact) mass is 312 g/mol. The molecule has 118 valence electrons. The number of ether oxygens (including phenoxy) is 1. The Labute approximate surface area is 132 Å². The minimum atomic E-state index is -0.521. The van der Waals surface area contributed by atoms with Crippen LogP contribution in [0.2, 0.25) is 0 Å². The Balaban J connectivity index is 2.51. The summed E-state index contributed by atoms with van der Waals surface area (Å²) in [6.45, 7) is 1.35. The van der Waals surface area contributed by atoms with Gasteiger partial charge in [0.1, 0.15) is 11.3 Å². The van der Waals surface area contributed by atoms with Crippen LogP contribution in [0.3, 0.4) is 0 Å². The number of Topliss-reactive ketones (excluding diaryl/α,β-unsaturated/α-hetero) is 1. The lowest BCUT2D eigenvalue weighted by Gasteiger charge is -2.11. The molecule has 1 heterocycles. The van der Waals surface area contributed by atoms with Gasteiger partial charge >= 0.3 is 5.63 Å². The summed E-state index contributed by atoms with van der Waals surface area (Å²) in [5.41, 5.74) is 0.695. The third kappa shape index (κ3) is 2.39. The molecule has 0 radical (unpaired) electrons. The van der Waals surface area contributed by atoms with E-state index in [0.29, 0.717) is 28.3 Å². The zero-order valence-electron chi connectivity index (χ0n) is 12.9. The fraction of sp³-hybridized carbons (Fsp3) is 0.222.